The van der Waals surface area contributed by atoms with Crippen LogP contribution >= 0.6 is 12.4 Å². The van der Waals surface area contributed by atoms with Gasteiger partial charge in [0.25, 0.3) is 0 Å². The van der Waals surface area contributed by atoms with Gasteiger partial charge in [-0.3, -0.25) is 4.79 Å². The summed E-state index contributed by atoms with van der Waals surface area (Å²) in [7, 11) is 0. The van der Waals surface area contributed by atoms with Crippen LogP contribution in [0, 0.1) is 0 Å². The van der Waals surface area contributed by atoms with Crippen LogP contribution in [0.2, 0.25) is 0 Å². The maximum absolute atomic E-state index is 12.5. The molecule has 1 saturated heterocycles. The van der Waals surface area contributed by atoms with Gasteiger partial charge in [0.2, 0.25) is 5.91 Å². The highest BCUT2D eigenvalue weighted by atomic mass is 35.5. The fourth-order valence-corrected chi connectivity index (χ4v) is 3.46. The van der Waals surface area contributed by atoms with Gasteiger partial charge in [-0.15, -0.1) is 12.4 Å². The Morgan fingerprint density at radius 2 is 1.87 bits per heavy atom. The van der Waals surface area contributed by atoms with Gasteiger partial charge >= 0.3 is 0 Å². The van der Waals surface area contributed by atoms with Gasteiger partial charge < -0.3 is 10.6 Å². The van der Waals surface area contributed by atoms with Crippen LogP contribution in [-0.4, -0.2) is 30.4 Å². The summed E-state index contributed by atoms with van der Waals surface area (Å²) in [4.78, 5) is 14.5. The van der Waals surface area contributed by atoms with E-state index in [1.807, 2.05) is 0 Å². The average molecular weight is 339 g/mol. The third kappa shape index (κ3) is 5.82. The Balaban J connectivity index is 0.00000264. The summed E-state index contributed by atoms with van der Waals surface area (Å²) >= 11 is 0. The smallest absolute Gasteiger partial charge is 0.222 e. The molecule has 1 heterocycles. The molecule has 23 heavy (non-hydrogen) atoms. The van der Waals surface area contributed by atoms with Crippen molar-refractivity contribution in [2.45, 2.75) is 57.3 Å². The number of rotatable bonds is 7. The van der Waals surface area contributed by atoms with Gasteiger partial charge in [-0.1, -0.05) is 50.1 Å². The lowest BCUT2D eigenvalue weighted by Gasteiger charge is -2.41. The molecule has 1 aromatic rings. The molecule has 130 valence electrons. The molecule has 0 radical (unpaired) electrons. The van der Waals surface area contributed by atoms with Gasteiger partial charge in [0.05, 0.1) is 0 Å². The Morgan fingerprint density at radius 3 is 2.57 bits per heavy atom. The van der Waals surface area contributed by atoms with Crippen LogP contribution in [0.4, 0.5) is 0 Å². The number of piperidine rings is 1. The van der Waals surface area contributed by atoms with Gasteiger partial charge in [0.15, 0.2) is 0 Å². The molecule has 1 fully saturated rings. The summed E-state index contributed by atoms with van der Waals surface area (Å²) in [5.74, 6) is 0.328. The molecule has 0 spiro atoms. The second kappa shape index (κ2) is 9.94. The van der Waals surface area contributed by atoms with Crippen molar-refractivity contribution in [2.24, 2.45) is 5.73 Å². The van der Waals surface area contributed by atoms with Crippen molar-refractivity contribution < 1.29 is 4.79 Å². The Kier molecular flexibility index (Phi) is 8.64. The quantitative estimate of drug-likeness (QED) is 0.766. The molecule has 4 heteroatoms. The van der Waals surface area contributed by atoms with Crippen molar-refractivity contribution in [3.63, 3.8) is 0 Å². The van der Waals surface area contributed by atoms with Crippen LogP contribution in [0.15, 0.2) is 30.3 Å². The van der Waals surface area contributed by atoms with E-state index in [9.17, 15) is 4.79 Å². The molecule has 1 amide bonds. The standard InChI is InChI=1S/C19H30N2O.ClH/c1-19(17-10-5-4-6-11-17)13-9-15-21(16-19)18(22)12-7-2-3-8-14-20;/h4-6,10-11H,2-3,7-9,12-16,20H2,1H3;1H. The maximum atomic E-state index is 12.5. The van der Waals surface area contributed by atoms with E-state index in [1.165, 1.54) is 5.56 Å². The summed E-state index contributed by atoms with van der Waals surface area (Å²) in [6.45, 7) is 4.83. The van der Waals surface area contributed by atoms with Crippen LogP contribution in [0.1, 0.15) is 57.4 Å². The van der Waals surface area contributed by atoms with Crippen molar-refractivity contribution >= 4 is 18.3 Å². The van der Waals surface area contributed by atoms with Crippen molar-refractivity contribution in [2.75, 3.05) is 19.6 Å². The summed E-state index contributed by atoms with van der Waals surface area (Å²) < 4.78 is 0. The molecule has 0 aliphatic carbocycles. The van der Waals surface area contributed by atoms with Crippen LogP contribution < -0.4 is 5.73 Å². The van der Waals surface area contributed by atoms with Crippen LogP contribution in [0.5, 0.6) is 0 Å². The van der Waals surface area contributed by atoms with Gasteiger partial charge in [-0.2, -0.15) is 0 Å². The predicted molar refractivity (Wildman–Crippen MR) is 99.0 cm³/mol. The minimum atomic E-state index is 0. The molecular weight excluding hydrogens is 308 g/mol. The average Bonchev–Trinajstić information content (AvgIpc) is 2.55. The summed E-state index contributed by atoms with van der Waals surface area (Å²) in [6.07, 6.45) is 7.29. The fraction of sp³-hybridized carbons (Fsp3) is 0.632. The lowest BCUT2D eigenvalue weighted by atomic mass is 9.76. The second-order valence-corrected chi connectivity index (χ2v) is 6.80. The number of halogens is 1. The number of nitrogens with zero attached hydrogens (tertiary/aromatic N) is 1. The molecule has 1 aliphatic heterocycles. The van der Waals surface area contributed by atoms with Gasteiger partial charge in [0.1, 0.15) is 0 Å². The predicted octanol–water partition coefficient (Wildman–Crippen LogP) is 3.90. The lowest BCUT2D eigenvalue weighted by molar-refractivity contribution is -0.133. The summed E-state index contributed by atoms with van der Waals surface area (Å²) in [6, 6.07) is 10.6. The van der Waals surface area contributed by atoms with E-state index in [-0.39, 0.29) is 17.8 Å². The highest BCUT2D eigenvalue weighted by Gasteiger charge is 2.34. The molecule has 1 aromatic carbocycles. The topological polar surface area (TPSA) is 46.3 Å². The molecule has 1 unspecified atom stereocenters. The number of hydrogen-bond donors (Lipinski definition) is 1. The largest absolute Gasteiger partial charge is 0.342 e. The molecule has 0 bridgehead atoms. The number of carbonyl (C=O) groups excluding carboxylic acids is 1. The summed E-state index contributed by atoms with van der Waals surface area (Å²) in [5, 5.41) is 0. The molecule has 1 atom stereocenters. The number of hydrogen-bond acceptors (Lipinski definition) is 2. The fourth-order valence-electron chi connectivity index (χ4n) is 3.46. The highest BCUT2D eigenvalue weighted by molar-refractivity contribution is 5.85. The van der Waals surface area contributed by atoms with E-state index in [4.69, 9.17) is 5.73 Å². The zero-order chi connectivity index (χ0) is 15.8. The zero-order valence-corrected chi connectivity index (χ0v) is 15.1. The molecule has 0 aromatic heterocycles. The Bertz CT molecular complexity index is 466. The molecule has 2 rings (SSSR count). The number of nitrogens with two attached hydrogens (primary N) is 1. The van der Waals surface area contributed by atoms with Gasteiger partial charge in [-0.25, -0.2) is 0 Å². The van der Waals surface area contributed by atoms with Gasteiger partial charge in [0, 0.05) is 24.9 Å². The Labute approximate surface area is 147 Å². The van der Waals surface area contributed by atoms with Crippen molar-refractivity contribution in [1.82, 2.24) is 4.90 Å². The monoisotopic (exact) mass is 338 g/mol. The van der Waals surface area contributed by atoms with Crippen molar-refractivity contribution in [1.29, 1.82) is 0 Å². The van der Waals surface area contributed by atoms with Crippen molar-refractivity contribution in [3.8, 4) is 0 Å². The van der Waals surface area contributed by atoms with E-state index in [0.717, 1.165) is 58.2 Å². The number of unbranched alkanes of at least 4 members (excludes halogenated alkanes) is 3. The number of benzene rings is 1. The lowest BCUT2D eigenvalue weighted by Crippen LogP contribution is -2.47. The van der Waals surface area contributed by atoms with Crippen LogP contribution in [0.25, 0.3) is 0 Å². The minimum absolute atomic E-state index is 0. The summed E-state index contributed by atoms with van der Waals surface area (Å²) in [5.41, 5.74) is 6.96. The van der Waals surface area contributed by atoms with E-state index in [1.54, 1.807) is 0 Å². The van der Waals surface area contributed by atoms with Crippen molar-refractivity contribution in [3.05, 3.63) is 35.9 Å². The number of amides is 1. The number of carbonyl (C=O) groups is 1. The van der Waals surface area contributed by atoms with E-state index < -0.39 is 0 Å². The third-order valence-electron chi connectivity index (χ3n) is 4.86. The normalized spacial score (nSPS) is 20.9. The first-order valence-electron chi connectivity index (χ1n) is 8.69. The molecule has 2 N–H and O–H groups in total. The molecule has 0 saturated carbocycles. The zero-order valence-electron chi connectivity index (χ0n) is 14.3. The Morgan fingerprint density at radius 1 is 1.17 bits per heavy atom. The Hall–Kier alpha value is -1.06. The van der Waals surface area contributed by atoms with Crippen LogP contribution in [0.3, 0.4) is 0 Å². The number of likely N-dealkylation sites (tertiary alicyclic amines) is 1. The molecule has 1 aliphatic rings. The first-order valence-corrected chi connectivity index (χ1v) is 8.69. The second-order valence-electron chi connectivity index (χ2n) is 6.80. The minimum Gasteiger partial charge on any atom is -0.342 e. The first-order chi connectivity index (χ1) is 10.7. The SMILES string of the molecule is CC1(c2ccccc2)CCCN(C(=O)CCCCCCN)C1.Cl. The molecule has 3 nitrogen and oxygen atoms in total. The maximum Gasteiger partial charge on any atom is 0.222 e. The highest BCUT2D eigenvalue weighted by Crippen LogP contribution is 2.33. The van der Waals surface area contributed by atoms with Gasteiger partial charge in [-0.05, 0) is 37.8 Å². The third-order valence-corrected chi connectivity index (χ3v) is 4.86. The van der Waals surface area contributed by atoms with Crippen LogP contribution in [-0.2, 0) is 10.2 Å². The molecular formula is C19H31ClN2O. The first kappa shape index (κ1) is 20.0. The van der Waals surface area contributed by atoms with E-state index in [2.05, 4.69) is 42.2 Å². The van der Waals surface area contributed by atoms with E-state index >= 15 is 0 Å². The van der Waals surface area contributed by atoms with E-state index in [0.29, 0.717) is 12.3 Å².